The number of aromatic hydroxyl groups is 1. The molecule has 78 valence electrons. The topological polar surface area (TPSA) is 47.3 Å². The van der Waals surface area contributed by atoms with Gasteiger partial charge in [-0.05, 0) is 19.1 Å². The van der Waals surface area contributed by atoms with Crippen molar-refractivity contribution in [1.29, 1.82) is 0 Å². The number of rotatable bonds is 3. The van der Waals surface area contributed by atoms with Crippen LogP contribution in [0.5, 0.6) is 11.8 Å². The Morgan fingerprint density at radius 3 is 2.73 bits per heavy atom. The van der Waals surface area contributed by atoms with Gasteiger partial charge in [-0.25, -0.2) is 0 Å². The summed E-state index contributed by atoms with van der Waals surface area (Å²) in [6.07, 6.45) is 0. The number of hydrogen-bond acceptors (Lipinski definition) is 3. The quantitative estimate of drug-likeness (QED) is 0.831. The molecule has 0 atom stereocenters. The highest BCUT2D eigenvalue weighted by Gasteiger charge is 2.07. The summed E-state index contributed by atoms with van der Waals surface area (Å²) in [6.45, 7) is 2.41. The van der Waals surface area contributed by atoms with Gasteiger partial charge in [0.25, 0.3) is 0 Å². The van der Waals surface area contributed by atoms with Crippen molar-refractivity contribution in [3.05, 3.63) is 36.4 Å². The van der Waals surface area contributed by atoms with Crippen molar-refractivity contribution in [2.24, 2.45) is 0 Å². The molecule has 0 fully saturated rings. The number of ether oxygens (including phenoxy) is 1. The maximum atomic E-state index is 9.63. The normalized spacial score (nSPS) is 10.2. The zero-order valence-corrected chi connectivity index (χ0v) is 8.42. The van der Waals surface area contributed by atoms with Gasteiger partial charge in [0.2, 0.25) is 11.8 Å². The second-order valence-electron chi connectivity index (χ2n) is 3.02. The molecule has 0 bridgehead atoms. The second-order valence-corrected chi connectivity index (χ2v) is 3.02. The molecule has 0 spiro atoms. The molecule has 4 heteroatoms. The van der Waals surface area contributed by atoms with Gasteiger partial charge >= 0.3 is 0 Å². The number of hydrogen-bond donors (Lipinski definition) is 1. The highest BCUT2D eigenvalue weighted by molar-refractivity contribution is 5.36. The van der Waals surface area contributed by atoms with Gasteiger partial charge in [0.15, 0.2) is 0 Å². The summed E-state index contributed by atoms with van der Waals surface area (Å²) < 4.78 is 6.63. The first-order valence-corrected chi connectivity index (χ1v) is 4.78. The van der Waals surface area contributed by atoms with E-state index in [-0.39, 0.29) is 5.88 Å². The van der Waals surface area contributed by atoms with Crippen molar-refractivity contribution < 1.29 is 9.84 Å². The lowest BCUT2D eigenvalue weighted by molar-refractivity contribution is 0.324. The minimum Gasteiger partial charge on any atom is -0.493 e. The van der Waals surface area contributed by atoms with Gasteiger partial charge in [-0.15, -0.1) is 5.10 Å². The Hall–Kier alpha value is -1.97. The first-order valence-electron chi connectivity index (χ1n) is 4.78. The fourth-order valence-corrected chi connectivity index (χ4v) is 1.33. The molecule has 2 rings (SSSR count). The summed E-state index contributed by atoms with van der Waals surface area (Å²) in [5.41, 5.74) is 0.806. The first-order chi connectivity index (χ1) is 7.31. The van der Waals surface area contributed by atoms with Crippen LogP contribution < -0.4 is 4.74 Å². The lowest BCUT2D eigenvalue weighted by atomic mass is 10.3. The summed E-state index contributed by atoms with van der Waals surface area (Å²) in [6, 6.07) is 10.9. The molecule has 0 saturated heterocycles. The van der Waals surface area contributed by atoms with E-state index in [4.69, 9.17) is 4.74 Å². The SMILES string of the molecule is CCOc1cc(O)n(-c2ccccc2)n1. The third-order valence-corrected chi connectivity index (χ3v) is 1.96. The summed E-state index contributed by atoms with van der Waals surface area (Å²) in [5.74, 6) is 0.503. The zero-order chi connectivity index (χ0) is 10.7. The van der Waals surface area contributed by atoms with Gasteiger partial charge in [-0.2, -0.15) is 4.68 Å². The predicted octanol–water partition coefficient (Wildman–Crippen LogP) is 1.98. The van der Waals surface area contributed by atoms with Crippen LogP contribution in [0.1, 0.15) is 6.92 Å². The van der Waals surface area contributed by atoms with Crippen LogP contribution in [0.2, 0.25) is 0 Å². The van der Waals surface area contributed by atoms with Crippen molar-refractivity contribution in [1.82, 2.24) is 9.78 Å². The van der Waals surface area contributed by atoms with E-state index in [1.165, 1.54) is 10.7 Å². The van der Waals surface area contributed by atoms with Crippen molar-refractivity contribution in [3.63, 3.8) is 0 Å². The van der Waals surface area contributed by atoms with Gasteiger partial charge in [0, 0.05) is 0 Å². The highest BCUT2D eigenvalue weighted by Crippen LogP contribution is 2.21. The minimum absolute atomic E-state index is 0.0738. The zero-order valence-electron chi connectivity index (χ0n) is 8.42. The third kappa shape index (κ3) is 1.93. The lowest BCUT2D eigenvalue weighted by Crippen LogP contribution is -1.97. The van der Waals surface area contributed by atoms with E-state index >= 15 is 0 Å². The van der Waals surface area contributed by atoms with E-state index in [0.29, 0.717) is 12.5 Å². The molecule has 15 heavy (non-hydrogen) atoms. The molecule has 1 aromatic heterocycles. The molecular weight excluding hydrogens is 192 g/mol. The molecule has 0 aliphatic heterocycles. The molecule has 0 saturated carbocycles. The van der Waals surface area contributed by atoms with E-state index < -0.39 is 0 Å². The van der Waals surface area contributed by atoms with Crippen molar-refractivity contribution in [2.75, 3.05) is 6.61 Å². The lowest BCUT2D eigenvalue weighted by Gasteiger charge is -2.01. The molecular formula is C11H12N2O2. The van der Waals surface area contributed by atoms with E-state index in [1.807, 2.05) is 37.3 Å². The Labute approximate surface area is 87.7 Å². The van der Waals surface area contributed by atoms with Crippen LogP contribution in [0, 0.1) is 0 Å². The Balaban J connectivity index is 2.36. The molecule has 0 amide bonds. The van der Waals surface area contributed by atoms with E-state index in [1.54, 1.807) is 0 Å². The van der Waals surface area contributed by atoms with Gasteiger partial charge < -0.3 is 9.84 Å². The molecule has 4 nitrogen and oxygen atoms in total. The Kier molecular flexibility index (Phi) is 2.58. The van der Waals surface area contributed by atoms with Crippen molar-refractivity contribution >= 4 is 0 Å². The molecule has 2 aromatic rings. The Morgan fingerprint density at radius 1 is 1.33 bits per heavy atom. The van der Waals surface area contributed by atoms with Crippen LogP contribution in [0.15, 0.2) is 36.4 Å². The van der Waals surface area contributed by atoms with Crippen molar-refractivity contribution in [2.45, 2.75) is 6.92 Å². The third-order valence-electron chi connectivity index (χ3n) is 1.96. The summed E-state index contributed by atoms with van der Waals surface area (Å²) in [5, 5.41) is 13.7. The van der Waals surface area contributed by atoms with E-state index in [9.17, 15) is 5.11 Å². The van der Waals surface area contributed by atoms with Crippen LogP contribution in [-0.4, -0.2) is 21.5 Å². The fourth-order valence-electron chi connectivity index (χ4n) is 1.33. The van der Waals surface area contributed by atoms with Crippen LogP contribution in [0.25, 0.3) is 5.69 Å². The van der Waals surface area contributed by atoms with Gasteiger partial charge in [0.05, 0.1) is 18.4 Å². The van der Waals surface area contributed by atoms with Crippen LogP contribution in [0.4, 0.5) is 0 Å². The molecule has 1 aromatic carbocycles. The monoisotopic (exact) mass is 204 g/mol. The van der Waals surface area contributed by atoms with E-state index in [0.717, 1.165) is 5.69 Å². The Bertz CT molecular complexity index is 437. The van der Waals surface area contributed by atoms with Crippen molar-refractivity contribution in [3.8, 4) is 17.4 Å². The molecule has 0 unspecified atom stereocenters. The minimum atomic E-state index is 0.0738. The average Bonchev–Trinajstić information content (AvgIpc) is 2.61. The average molecular weight is 204 g/mol. The largest absolute Gasteiger partial charge is 0.493 e. The smallest absolute Gasteiger partial charge is 0.237 e. The fraction of sp³-hybridized carbons (Fsp3) is 0.182. The maximum absolute atomic E-state index is 9.63. The highest BCUT2D eigenvalue weighted by atomic mass is 16.5. The molecule has 1 heterocycles. The molecule has 0 aliphatic rings. The summed E-state index contributed by atoms with van der Waals surface area (Å²) >= 11 is 0. The molecule has 0 radical (unpaired) electrons. The Morgan fingerprint density at radius 2 is 2.07 bits per heavy atom. The number of nitrogens with zero attached hydrogens (tertiary/aromatic N) is 2. The maximum Gasteiger partial charge on any atom is 0.237 e. The number of benzene rings is 1. The van der Waals surface area contributed by atoms with E-state index in [2.05, 4.69) is 5.10 Å². The molecule has 0 aliphatic carbocycles. The molecule has 1 N–H and O–H groups in total. The van der Waals surface area contributed by atoms with Gasteiger partial charge in [0.1, 0.15) is 0 Å². The van der Waals surface area contributed by atoms with Crippen LogP contribution in [-0.2, 0) is 0 Å². The summed E-state index contributed by atoms with van der Waals surface area (Å²) in [4.78, 5) is 0. The van der Waals surface area contributed by atoms with Crippen LogP contribution >= 0.6 is 0 Å². The first kappa shape index (κ1) is 9.58. The standard InChI is InChI=1S/C11H12N2O2/c1-2-15-10-8-11(14)13(12-10)9-6-4-3-5-7-9/h3-8,14H,2H2,1H3. The second kappa shape index (κ2) is 4.04. The predicted molar refractivity (Wildman–Crippen MR) is 56.4 cm³/mol. The van der Waals surface area contributed by atoms with Gasteiger partial charge in [-0.3, -0.25) is 0 Å². The van der Waals surface area contributed by atoms with Gasteiger partial charge in [-0.1, -0.05) is 18.2 Å². The number of para-hydroxylation sites is 1. The van der Waals surface area contributed by atoms with Crippen LogP contribution in [0.3, 0.4) is 0 Å². The summed E-state index contributed by atoms with van der Waals surface area (Å²) in [7, 11) is 0. The number of aromatic nitrogens is 2.